The molecule has 0 radical (unpaired) electrons. The molecule has 0 aromatic heterocycles. The maximum Gasteiger partial charge on any atom is 0.0952 e. The molecule has 0 aromatic rings. The van der Waals surface area contributed by atoms with Crippen LogP contribution < -0.4 is 5.32 Å². The fraction of sp³-hybridized carbons (Fsp3) is 0.909. The van der Waals surface area contributed by atoms with Crippen LogP contribution in [0, 0.1) is 11.3 Å². The Balaban J connectivity index is 2.61. The smallest absolute Gasteiger partial charge is 0.0952 e. The summed E-state index contributed by atoms with van der Waals surface area (Å²) in [6, 6.07) is 3.49. The zero-order valence-corrected chi connectivity index (χ0v) is 9.45. The number of hydrogen-bond acceptors (Lipinski definition) is 3. The van der Waals surface area contributed by atoms with Gasteiger partial charge in [-0.15, -0.1) is 0 Å². The molecule has 80 valence electrons. The van der Waals surface area contributed by atoms with Crippen LogP contribution in [0.3, 0.4) is 0 Å². The molecular formula is C11H21N3. The van der Waals surface area contributed by atoms with Gasteiger partial charge in [0.2, 0.25) is 0 Å². The van der Waals surface area contributed by atoms with Gasteiger partial charge >= 0.3 is 0 Å². The molecule has 0 saturated carbocycles. The number of nitriles is 1. The lowest BCUT2D eigenvalue weighted by molar-refractivity contribution is 0.107. The summed E-state index contributed by atoms with van der Waals surface area (Å²) in [6.45, 7) is 8.43. The van der Waals surface area contributed by atoms with E-state index in [4.69, 9.17) is 5.26 Å². The van der Waals surface area contributed by atoms with Gasteiger partial charge in [0.25, 0.3) is 0 Å². The standard InChI is InChI=1S/C11H21N3/c1-4-10-8-14(9(3)6-12)11(5-2)7-13-10/h9-11,13H,4-5,7-8H2,1-3H3. The molecule has 1 rings (SSSR count). The summed E-state index contributed by atoms with van der Waals surface area (Å²) in [5.74, 6) is 0. The maximum absolute atomic E-state index is 8.95. The molecule has 14 heavy (non-hydrogen) atoms. The molecule has 0 spiro atoms. The first-order valence-corrected chi connectivity index (χ1v) is 5.61. The molecule has 3 nitrogen and oxygen atoms in total. The highest BCUT2D eigenvalue weighted by atomic mass is 15.2. The Kier molecular flexibility index (Phi) is 4.37. The lowest BCUT2D eigenvalue weighted by atomic mass is 10.0. The summed E-state index contributed by atoms with van der Waals surface area (Å²) in [5, 5.41) is 12.5. The molecule has 1 saturated heterocycles. The van der Waals surface area contributed by atoms with Crippen LogP contribution in [0.2, 0.25) is 0 Å². The van der Waals surface area contributed by atoms with Crippen LogP contribution in [-0.2, 0) is 0 Å². The molecule has 0 aliphatic carbocycles. The van der Waals surface area contributed by atoms with Crippen molar-refractivity contribution in [1.29, 1.82) is 5.26 Å². The Hall–Kier alpha value is -0.590. The Morgan fingerprint density at radius 2 is 2.21 bits per heavy atom. The summed E-state index contributed by atoms with van der Waals surface area (Å²) in [6.07, 6.45) is 2.26. The van der Waals surface area contributed by atoms with Gasteiger partial charge in [-0.3, -0.25) is 4.90 Å². The van der Waals surface area contributed by atoms with Crippen LogP contribution in [-0.4, -0.2) is 36.1 Å². The minimum atomic E-state index is 0.0519. The van der Waals surface area contributed by atoms with E-state index in [2.05, 4.69) is 30.1 Å². The lowest BCUT2D eigenvalue weighted by Crippen LogP contribution is -2.58. The van der Waals surface area contributed by atoms with E-state index >= 15 is 0 Å². The van der Waals surface area contributed by atoms with Crippen LogP contribution in [0.5, 0.6) is 0 Å². The van der Waals surface area contributed by atoms with Gasteiger partial charge in [-0.1, -0.05) is 13.8 Å². The minimum absolute atomic E-state index is 0.0519. The zero-order valence-electron chi connectivity index (χ0n) is 9.45. The summed E-state index contributed by atoms with van der Waals surface area (Å²) in [5.41, 5.74) is 0. The van der Waals surface area contributed by atoms with Crippen molar-refractivity contribution in [3.8, 4) is 6.07 Å². The highest BCUT2D eigenvalue weighted by Gasteiger charge is 2.28. The van der Waals surface area contributed by atoms with Crippen molar-refractivity contribution in [3.63, 3.8) is 0 Å². The summed E-state index contributed by atoms with van der Waals surface area (Å²) in [4.78, 5) is 2.34. The van der Waals surface area contributed by atoms with E-state index in [1.165, 1.54) is 0 Å². The van der Waals surface area contributed by atoms with Gasteiger partial charge in [-0.2, -0.15) is 5.26 Å². The van der Waals surface area contributed by atoms with E-state index in [0.29, 0.717) is 12.1 Å². The average molecular weight is 195 g/mol. The van der Waals surface area contributed by atoms with Crippen molar-refractivity contribution in [2.75, 3.05) is 13.1 Å². The summed E-state index contributed by atoms with van der Waals surface area (Å²) >= 11 is 0. The van der Waals surface area contributed by atoms with E-state index < -0.39 is 0 Å². The van der Waals surface area contributed by atoms with Gasteiger partial charge in [0.05, 0.1) is 12.1 Å². The van der Waals surface area contributed by atoms with E-state index in [1.807, 2.05) is 6.92 Å². The van der Waals surface area contributed by atoms with Crippen LogP contribution in [0.1, 0.15) is 33.6 Å². The highest BCUT2D eigenvalue weighted by molar-refractivity contribution is 4.95. The fourth-order valence-corrected chi connectivity index (χ4v) is 2.09. The largest absolute Gasteiger partial charge is 0.311 e. The van der Waals surface area contributed by atoms with Crippen molar-refractivity contribution in [2.45, 2.75) is 51.7 Å². The third-order valence-electron chi connectivity index (χ3n) is 3.19. The summed E-state index contributed by atoms with van der Waals surface area (Å²) < 4.78 is 0. The SMILES string of the molecule is CCC1CN(C(C)C#N)C(CC)CN1. The number of hydrogen-bond donors (Lipinski definition) is 1. The third-order valence-corrected chi connectivity index (χ3v) is 3.19. The van der Waals surface area contributed by atoms with Crippen molar-refractivity contribution < 1.29 is 0 Å². The lowest BCUT2D eigenvalue weighted by Gasteiger charge is -2.41. The number of nitrogens with zero attached hydrogens (tertiary/aromatic N) is 2. The summed E-state index contributed by atoms with van der Waals surface area (Å²) in [7, 11) is 0. The molecule has 1 heterocycles. The van der Waals surface area contributed by atoms with E-state index in [9.17, 15) is 0 Å². The molecule has 1 N–H and O–H groups in total. The predicted molar refractivity (Wildman–Crippen MR) is 57.9 cm³/mol. The van der Waals surface area contributed by atoms with Crippen molar-refractivity contribution in [3.05, 3.63) is 0 Å². The van der Waals surface area contributed by atoms with Crippen LogP contribution in [0.4, 0.5) is 0 Å². The van der Waals surface area contributed by atoms with E-state index in [1.54, 1.807) is 0 Å². The van der Waals surface area contributed by atoms with Crippen molar-refractivity contribution >= 4 is 0 Å². The second kappa shape index (κ2) is 5.33. The average Bonchev–Trinajstić information content (AvgIpc) is 2.27. The molecule has 1 fully saturated rings. The molecule has 0 aromatic carbocycles. The van der Waals surface area contributed by atoms with Crippen molar-refractivity contribution in [1.82, 2.24) is 10.2 Å². The maximum atomic E-state index is 8.95. The zero-order chi connectivity index (χ0) is 10.6. The topological polar surface area (TPSA) is 39.1 Å². The second-order valence-corrected chi connectivity index (χ2v) is 4.08. The van der Waals surface area contributed by atoms with Gasteiger partial charge < -0.3 is 5.32 Å². The Labute approximate surface area is 87.1 Å². The van der Waals surface area contributed by atoms with Crippen molar-refractivity contribution in [2.24, 2.45) is 0 Å². The van der Waals surface area contributed by atoms with Gasteiger partial charge in [0, 0.05) is 25.2 Å². The Morgan fingerprint density at radius 3 is 2.71 bits per heavy atom. The van der Waals surface area contributed by atoms with Crippen LogP contribution in [0.15, 0.2) is 0 Å². The highest BCUT2D eigenvalue weighted by Crippen LogP contribution is 2.14. The first-order chi connectivity index (χ1) is 6.72. The molecule has 0 bridgehead atoms. The number of piperazine rings is 1. The quantitative estimate of drug-likeness (QED) is 0.739. The molecule has 3 unspecified atom stereocenters. The molecule has 1 aliphatic heterocycles. The van der Waals surface area contributed by atoms with Crippen LogP contribution in [0.25, 0.3) is 0 Å². The normalized spacial score (nSPS) is 31.0. The molecular weight excluding hydrogens is 174 g/mol. The third kappa shape index (κ3) is 2.46. The van der Waals surface area contributed by atoms with Gasteiger partial charge in [-0.05, 0) is 19.8 Å². The minimum Gasteiger partial charge on any atom is -0.311 e. The van der Waals surface area contributed by atoms with Gasteiger partial charge in [-0.25, -0.2) is 0 Å². The molecule has 3 heteroatoms. The monoisotopic (exact) mass is 195 g/mol. The van der Waals surface area contributed by atoms with Crippen LogP contribution >= 0.6 is 0 Å². The predicted octanol–water partition coefficient (Wildman–Crippen LogP) is 1.36. The molecule has 1 aliphatic rings. The first kappa shape index (κ1) is 11.5. The number of nitrogens with one attached hydrogen (secondary N) is 1. The van der Waals surface area contributed by atoms with E-state index in [0.717, 1.165) is 25.9 Å². The Bertz CT molecular complexity index is 209. The first-order valence-electron chi connectivity index (χ1n) is 5.61. The van der Waals surface area contributed by atoms with E-state index in [-0.39, 0.29) is 6.04 Å². The van der Waals surface area contributed by atoms with Gasteiger partial charge in [0.1, 0.15) is 0 Å². The molecule has 3 atom stereocenters. The fourth-order valence-electron chi connectivity index (χ4n) is 2.09. The Morgan fingerprint density at radius 1 is 1.50 bits per heavy atom. The molecule has 0 amide bonds. The van der Waals surface area contributed by atoms with Gasteiger partial charge in [0.15, 0.2) is 0 Å². The second-order valence-electron chi connectivity index (χ2n) is 4.08. The number of rotatable bonds is 3.